The highest BCUT2D eigenvalue weighted by Gasteiger charge is 2.65. The van der Waals surface area contributed by atoms with Gasteiger partial charge in [-0.25, -0.2) is 0 Å². The lowest BCUT2D eigenvalue weighted by atomic mass is 9.42. The Balaban J connectivity index is 1.75. The molecule has 4 saturated carbocycles. The zero-order valence-electron chi connectivity index (χ0n) is 12.3. The average Bonchev–Trinajstić information content (AvgIpc) is 2.35. The van der Waals surface area contributed by atoms with Crippen LogP contribution in [0.5, 0.6) is 0 Å². The molecule has 21 heavy (non-hydrogen) atoms. The van der Waals surface area contributed by atoms with Crippen molar-refractivity contribution >= 4 is 5.91 Å². The molecule has 4 bridgehead atoms. The molecule has 3 atom stereocenters. The Morgan fingerprint density at radius 2 is 1.76 bits per heavy atom. The van der Waals surface area contributed by atoms with E-state index in [4.69, 9.17) is 5.73 Å². The summed E-state index contributed by atoms with van der Waals surface area (Å²) in [6.45, 7) is 0. The van der Waals surface area contributed by atoms with E-state index in [0.717, 1.165) is 32.1 Å². The second-order valence-corrected chi connectivity index (χ2v) is 7.75. The molecule has 1 aromatic carbocycles. The minimum atomic E-state index is -0.843. The Hall–Kier alpha value is -1.35. The molecule has 112 valence electrons. The smallest absolute Gasteiger partial charge is 0.224 e. The molecular weight excluding hydrogens is 262 g/mol. The fourth-order valence-corrected chi connectivity index (χ4v) is 6.12. The predicted octanol–water partition coefficient (Wildman–Crippen LogP) is 2.27. The molecule has 3 N–H and O–H groups in total. The molecule has 0 aliphatic heterocycles. The first-order valence-electron chi connectivity index (χ1n) is 8.06. The van der Waals surface area contributed by atoms with Gasteiger partial charge in [0.1, 0.15) is 0 Å². The number of benzene rings is 1. The maximum atomic E-state index is 12.2. The summed E-state index contributed by atoms with van der Waals surface area (Å²) in [5.41, 5.74) is 6.04. The van der Waals surface area contributed by atoms with Gasteiger partial charge < -0.3 is 10.8 Å². The molecule has 1 amide bonds. The third-order valence-electron chi connectivity index (χ3n) is 6.17. The number of aliphatic hydroxyl groups is 1. The first-order chi connectivity index (χ1) is 10.0. The lowest BCUT2D eigenvalue weighted by Crippen LogP contribution is -2.66. The van der Waals surface area contributed by atoms with E-state index in [-0.39, 0.29) is 17.2 Å². The van der Waals surface area contributed by atoms with Gasteiger partial charge >= 0.3 is 0 Å². The van der Waals surface area contributed by atoms with E-state index >= 15 is 0 Å². The number of hydrogen-bond donors (Lipinski definition) is 2. The van der Waals surface area contributed by atoms with Gasteiger partial charge in [0.25, 0.3) is 0 Å². The second-order valence-electron chi connectivity index (χ2n) is 7.75. The summed E-state index contributed by atoms with van der Waals surface area (Å²) in [4.78, 5) is 12.2. The molecule has 0 spiro atoms. The quantitative estimate of drug-likeness (QED) is 0.895. The van der Waals surface area contributed by atoms with Crippen LogP contribution in [0.3, 0.4) is 0 Å². The summed E-state index contributed by atoms with van der Waals surface area (Å²) < 4.78 is 0. The SMILES string of the molecule is NC(=O)C1C2(O)CC3CC(C2)CC1(Cc1ccccc1)C3. The minimum absolute atomic E-state index is 0.119. The largest absolute Gasteiger partial charge is 0.389 e. The van der Waals surface area contributed by atoms with Crippen LogP contribution < -0.4 is 5.73 Å². The maximum absolute atomic E-state index is 12.2. The van der Waals surface area contributed by atoms with Crippen LogP contribution in [0.4, 0.5) is 0 Å². The lowest BCUT2D eigenvalue weighted by Gasteiger charge is -2.64. The van der Waals surface area contributed by atoms with Crippen LogP contribution in [-0.2, 0) is 11.2 Å². The van der Waals surface area contributed by atoms with Gasteiger partial charge in [0, 0.05) is 0 Å². The molecule has 0 radical (unpaired) electrons. The van der Waals surface area contributed by atoms with Crippen LogP contribution in [0.2, 0.25) is 0 Å². The molecule has 0 heterocycles. The monoisotopic (exact) mass is 285 g/mol. The number of nitrogens with two attached hydrogens (primary N) is 1. The average molecular weight is 285 g/mol. The molecule has 5 rings (SSSR count). The van der Waals surface area contributed by atoms with Crippen LogP contribution in [0.15, 0.2) is 30.3 Å². The van der Waals surface area contributed by atoms with Gasteiger partial charge in [-0.15, -0.1) is 0 Å². The first-order valence-corrected chi connectivity index (χ1v) is 8.06. The highest BCUT2D eigenvalue weighted by molar-refractivity contribution is 5.79. The van der Waals surface area contributed by atoms with Gasteiger partial charge in [-0.1, -0.05) is 30.3 Å². The van der Waals surface area contributed by atoms with Gasteiger partial charge in [0.2, 0.25) is 5.91 Å². The van der Waals surface area contributed by atoms with Crippen molar-refractivity contribution in [2.45, 2.75) is 44.1 Å². The van der Waals surface area contributed by atoms with E-state index < -0.39 is 5.60 Å². The third kappa shape index (κ3) is 1.94. The highest BCUT2D eigenvalue weighted by atomic mass is 16.3. The van der Waals surface area contributed by atoms with Crippen LogP contribution in [0, 0.1) is 23.2 Å². The Morgan fingerprint density at radius 3 is 2.33 bits per heavy atom. The fourth-order valence-electron chi connectivity index (χ4n) is 6.12. The number of rotatable bonds is 3. The zero-order valence-corrected chi connectivity index (χ0v) is 12.3. The molecule has 0 saturated heterocycles. The van der Waals surface area contributed by atoms with E-state index in [1.54, 1.807) is 0 Å². The van der Waals surface area contributed by atoms with Gasteiger partial charge in [-0.2, -0.15) is 0 Å². The van der Waals surface area contributed by atoms with Crippen molar-refractivity contribution in [3.63, 3.8) is 0 Å². The number of carbonyl (C=O) groups is 1. The van der Waals surface area contributed by atoms with Crippen molar-refractivity contribution < 1.29 is 9.90 Å². The van der Waals surface area contributed by atoms with Crippen molar-refractivity contribution in [2.75, 3.05) is 0 Å². The van der Waals surface area contributed by atoms with Crippen molar-refractivity contribution in [3.8, 4) is 0 Å². The topological polar surface area (TPSA) is 63.3 Å². The van der Waals surface area contributed by atoms with Crippen LogP contribution in [-0.4, -0.2) is 16.6 Å². The first kappa shape index (κ1) is 13.3. The molecule has 3 unspecified atom stereocenters. The van der Waals surface area contributed by atoms with Crippen LogP contribution >= 0.6 is 0 Å². The van der Waals surface area contributed by atoms with Gasteiger partial charge in [-0.05, 0) is 61.3 Å². The number of primary amides is 1. The molecule has 1 aromatic rings. The summed E-state index contributed by atoms with van der Waals surface area (Å²) in [6.07, 6.45) is 5.74. The van der Waals surface area contributed by atoms with E-state index in [1.165, 1.54) is 12.0 Å². The van der Waals surface area contributed by atoms with Crippen LogP contribution in [0.25, 0.3) is 0 Å². The van der Waals surface area contributed by atoms with Crippen LogP contribution in [0.1, 0.15) is 37.7 Å². The summed E-state index contributed by atoms with van der Waals surface area (Å²) in [7, 11) is 0. The molecule has 4 aliphatic carbocycles. The normalized spacial score (nSPS) is 44.0. The van der Waals surface area contributed by atoms with Gasteiger partial charge in [0.15, 0.2) is 0 Å². The molecular formula is C18H23NO2. The Morgan fingerprint density at radius 1 is 1.14 bits per heavy atom. The third-order valence-corrected chi connectivity index (χ3v) is 6.17. The van der Waals surface area contributed by atoms with Crippen molar-refractivity contribution in [2.24, 2.45) is 28.9 Å². The molecule has 4 aliphatic rings. The van der Waals surface area contributed by atoms with E-state index in [9.17, 15) is 9.90 Å². The minimum Gasteiger partial charge on any atom is -0.389 e. The zero-order chi connectivity index (χ0) is 14.7. The van der Waals surface area contributed by atoms with Crippen molar-refractivity contribution in [1.29, 1.82) is 0 Å². The molecule has 3 heteroatoms. The molecule has 3 nitrogen and oxygen atoms in total. The summed E-state index contributed by atoms with van der Waals surface area (Å²) in [6, 6.07) is 10.4. The Kier molecular flexibility index (Phi) is 2.74. The lowest BCUT2D eigenvalue weighted by molar-refractivity contribution is -0.210. The summed E-state index contributed by atoms with van der Waals surface area (Å²) in [5, 5.41) is 11.1. The van der Waals surface area contributed by atoms with Crippen molar-refractivity contribution in [1.82, 2.24) is 0 Å². The number of carbonyl (C=O) groups excluding carboxylic acids is 1. The second kappa shape index (κ2) is 4.33. The van der Waals surface area contributed by atoms with Gasteiger partial charge in [0.05, 0.1) is 11.5 Å². The summed E-state index contributed by atoms with van der Waals surface area (Å²) >= 11 is 0. The fraction of sp³-hybridized carbons (Fsp3) is 0.611. The van der Waals surface area contributed by atoms with E-state index in [1.807, 2.05) is 18.2 Å². The predicted molar refractivity (Wildman–Crippen MR) is 80.3 cm³/mol. The van der Waals surface area contributed by atoms with E-state index in [2.05, 4.69) is 12.1 Å². The van der Waals surface area contributed by atoms with Gasteiger partial charge in [-0.3, -0.25) is 4.79 Å². The standard InChI is InChI=1S/C18H23NO2/c19-16(20)15-17(7-12-4-2-1-3-5-12)8-13-6-14(9-17)11-18(15,21)10-13/h1-5,13-15,21H,6-11H2,(H2,19,20). The van der Waals surface area contributed by atoms with E-state index in [0.29, 0.717) is 11.8 Å². The number of hydrogen-bond acceptors (Lipinski definition) is 2. The molecule has 0 aromatic heterocycles. The Bertz CT molecular complexity index is 554. The van der Waals surface area contributed by atoms with Crippen molar-refractivity contribution in [3.05, 3.63) is 35.9 Å². The maximum Gasteiger partial charge on any atom is 0.224 e. The highest BCUT2D eigenvalue weighted by Crippen LogP contribution is 2.65. The number of amides is 1. The molecule has 4 fully saturated rings. The Labute approximate surface area is 125 Å². The summed E-state index contributed by atoms with van der Waals surface area (Å²) in [5.74, 6) is 0.467.